The number of rotatable bonds is 8. The van der Waals surface area contributed by atoms with Crippen LogP contribution in [0.3, 0.4) is 0 Å². The van der Waals surface area contributed by atoms with E-state index in [4.69, 9.17) is 4.74 Å². The van der Waals surface area contributed by atoms with Gasteiger partial charge in [0.1, 0.15) is 5.01 Å². The molecule has 0 radical (unpaired) electrons. The third-order valence-corrected chi connectivity index (χ3v) is 6.27. The monoisotopic (exact) mass is 424 g/mol. The number of nitrogens with zero attached hydrogens (tertiary/aromatic N) is 3. The maximum atomic E-state index is 12.5. The number of hydrogen-bond donors (Lipinski definition) is 1. The number of morpholine rings is 1. The Morgan fingerprint density at radius 1 is 1.13 bits per heavy atom. The number of thiazole rings is 1. The van der Waals surface area contributed by atoms with Crippen molar-refractivity contribution in [1.29, 1.82) is 0 Å². The molecule has 2 heterocycles. The second-order valence-electron chi connectivity index (χ2n) is 7.68. The van der Waals surface area contributed by atoms with Crippen molar-refractivity contribution in [2.45, 2.75) is 19.6 Å². The van der Waals surface area contributed by atoms with E-state index < -0.39 is 0 Å². The Morgan fingerprint density at radius 2 is 1.87 bits per heavy atom. The van der Waals surface area contributed by atoms with Crippen molar-refractivity contribution >= 4 is 27.5 Å². The van der Waals surface area contributed by atoms with E-state index in [1.807, 2.05) is 36.2 Å². The van der Waals surface area contributed by atoms with Gasteiger partial charge in [-0.1, -0.05) is 36.4 Å². The molecule has 158 valence electrons. The summed E-state index contributed by atoms with van der Waals surface area (Å²) in [5, 5.41) is 4.11. The molecule has 30 heavy (non-hydrogen) atoms. The number of ether oxygens (including phenoxy) is 1. The summed E-state index contributed by atoms with van der Waals surface area (Å²) in [6.45, 7) is 5.96. The average Bonchev–Trinajstić information content (AvgIpc) is 3.16. The van der Waals surface area contributed by atoms with Gasteiger partial charge in [0.15, 0.2) is 0 Å². The number of carbonyl (C=O) groups excluding carboxylic acids is 1. The number of para-hydroxylation sites is 1. The first kappa shape index (κ1) is 20.9. The van der Waals surface area contributed by atoms with Gasteiger partial charge in [-0.2, -0.15) is 0 Å². The molecular formula is C23H28N4O2S. The summed E-state index contributed by atoms with van der Waals surface area (Å²) in [5.74, 6) is 0.0276. The molecule has 0 bridgehead atoms. The quantitative estimate of drug-likeness (QED) is 0.603. The molecule has 0 saturated carbocycles. The topological polar surface area (TPSA) is 57.7 Å². The van der Waals surface area contributed by atoms with Crippen LogP contribution in [0.2, 0.25) is 0 Å². The number of benzene rings is 2. The second-order valence-corrected chi connectivity index (χ2v) is 8.80. The molecule has 1 fully saturated rings. The van der Waals surface area contributed by atoms with E-state index in [1.165, 1.54) is 15.8 Å². The van der Waals surface area contributed by atoms with Crippen molar-refractivity contribution in [3.63, 3.8) is 0 Å². The molecule has 7 heteroatoms. The summed E-state index contributed by atoms with van der Waals surface area (Å²) < 4.78 is 6.62. The number of fused-ring (bicyclic) bond motifs is 1. The Labute approximate surface area is 181 Å². The van der Waals surface area contributed by atoms with E-state index in [-0.39, 0.29) is 5.91 Å². The Morgan fingerprint density at radius 3 is 2.67 bits per heavy atom. The zero-order chi connectivity index (χ0) is 20.8. The van der Waals surface area contributed by atoms with E-state index in [0.29, 0.717) is 19.6 Å². The van der Waals surface area contributed by atoms with Gasteiger partial charge in [0, 0.05) is 26.2 Å². The highest BCUT2D eigenvalue weighted by Crippen LogP contribution is 2.22. The van der Waals surface area contributed by atoms with Crippen LogP contribution in [0.15, 0.2) is 48.5 Å². The van der Waals surface area contributed by atoms with E-state index in [9.17, 15) is 4.79 Å². The van der Waals surface area contributed by atoms with E-state index in [2.05, 4.69) is 39.5 Å². The van der Waals surface area contributed by atoms with Gasteiger partial charge in [0.25, 0.3) is 0 Å². The fraction of sp³-hybridized carbons (Fsp3) is 0.391. The molecule has 0 aliphatic carbocycles. The largest absolute Gasteiger partial charge is 0.379 e. The summed E-state index contributed by atoms with van der Waals surface area (Å²) in [6, 6.07) is 16.5. The van der Waals surface area contributed by atoms with Crippen LogP contribution in [0.1, 0.15) is 16.1 Å². The highest BCUT2D eigenvalue weighted by atomic mass is 32.1. The molecule has 6 nitrogen and oxygen atoms in total. The second kappa shape index (κ2) is 10.1. The predicted octanol–water partition coefficient (Wildman–Crippen LogP) is 2.88. The molecule has 0 unspecified atom stereocenters. The van der Waals surface area contributed by atoms with Crippen molar-refractivity contribution in [3.8, 4) is 0 Å². The molecule has 1 saturated heterocycles. The minimum Gasteiger partial charge on any atom is -0.379 e. The van der Waals surface area contributed by atoms with Crippen molar-refractivity contribution in [1.82, 2.24) is 20.1 Å². The summed E-state index contributed by atoms with van der Waals surface area (Å²) in [7, 11) is 1.96. The van der Waals surface area contributed by atoms with Crippen molar-refractivity contribution < 1.29 is 9.53 Å². The summed E-state index contributed by atoms with van der Waals surface area (Å²) >= 11 is 1.68. The van der Waals surface area contributed by atoms with E-state index >= 15 is 0 Å². The first-order valence-electron chi connectivity index (χ1n) is 10.3. The molecule has 2 aromatic carbocycles. The van der Waals surface area contributed by atoms with Crippen molar-refractivity contribution in [3.05, 3.63) is 64.7 Å². The number of aromatic nitrogens is 1. The first-order valence-corrected chi connectivity index (χ1v) is 11.2. The average molecular weight is 425 g/mol. The fourth-order valence-corrected chi connectivity index (χ4v) is 4.70. The Balaban J connectivity index is 1.28. The minimum absolute atomic E-state index is 0.0276. The maximum absolute atomic E-state index is 12.5. The highest BCUT2D eigenvalue weighted by Gasteiger charge is 2.14. The first-order chi connectivity index (χ1) is 14.7. The van der Waals surface area contributed by atoms with Gasteiger partial charge in [0.2, 0.25) is 5.91 Å². The van der Waals surface area contributed by atoms with Crippen LogP contribution >= 0.6 is 11.3 Å². The number of likely N-dealkylation sites (N-methyl/N-ethyl adjacent to an activating group) is 1. The molecule has 1 amide bonds. The summed E-state index contributed by atoms with van der Waals surface area (Å²) in [5.41, 5.74) is 3.46. The lowest BCUT2D eigenvalue weighted by molar-refractivity contribution is -0.122. The molecule has 1 aromatic heterocycles. The third-order valence-electron chi connectivity index (χ3n) is 5.25. The zero-order valence-electron chi connectivity index (χ0n) is 17.3. The fourth-order valence-electron chi connectivity index (χ4n) is 3.65. The van der Waals surface area contributed by atoms with Crippen LogP contribution < -0.4 is 5.32 Å². The predicted molar refractivity (Wildman–Crippen MR) is 120 cm³/mol. The van der Waals surface area contributed by atoms with Crippen LogP contribution in [-0.4, -0.2) is 60.6 Å². The summed E-state index contributed by atoms with van der Waals surface area (Å²) in [6.07, 6.45) is 0. The number of amides is 1. The molecule has 4 rings (SSSR count). The highest BCUT2D eigenvalue weighted by molar-refractivity contribution is 7.18. The van der Waals surface area contributed by atoms with Gasteiger partial charge in [-0.05, 0) is 30.3 Å². The molecule has 0 spiro atoms. The van der Waals surface area contributed by atoms with Crippen LogP contribution in [0.25, 0.3) is 10.2 Å². The van der Waals surface area contributed by atoms with Gasteiger partial charge in [-0.15, -0.1) is 11.3 Å². The van der Waals surface area contributed by atoms with Gasteiger partial charge >= 0.3 is 0 Å². The number of carbonyl (C=O) groups is 1. The van der Waals surface area contributed by atoms with Crippen LogP contribution in [-0.2, 0) is 29.2 Å². The molecular weight excluding hydrogens is 396 g/mol. The SMILES string of the molecule is CN(CC(=O)NCc1ccccc1CN1CCOCC1)Cc1nc2ccccc2s1. The number of nitrogens with one attached hydrogen (secondary N) is 1. The van der Waals surface area contributed by atoms with Crippen molar-refractivity contribution in [2.24, 2.45) is 0 Å². The van der Waals surface area contributed by atoms with E-state index in [1.54, 1.807) is 11.3 Å². The smallest absolute Gasteiger partial charge is 0.234 e. The molecule has 0 atom stereocenters. The van der Waals surface area contributed by atoms with Crippen LogP contribution in [0.4, 0.5) is 0 Å². The van der Waals surface area contributed by atoms with E-state index in [0.717, 1.165) is 43.4 Å². The Hall–Kier alpha value is -2.32. The zero-order valence-corrected chi connectivity index (χ0v) is 18.2. The standard InChI is InChI=1S/C23H28N4O2S/c1-26(17-23-25-20-8-4-5-9-21(20)30-23)16-22(28)24-14-18-6-2-3-7-19(18)15-27-10-12-29-13-11-27/h2-9H,10-17H2,1H3,(H,24,28). The lowest BCUT2D eigenvalue weighted by Gasteiger charge is -2.27. The molecule has 1 N–H and O–H groups in total. The lowest BCUT2D eigenvalue weighted by atomic mass is 10.1. The van der Waals surface area contributed by atoms with Crippen molar-refractivity contribution in [2.75, 3.05) is 39.9 Å². The van der Waals surface area contributed by atoms with Gasteiger partial charge in [0.05, 0.1) is 36.5 Å². The van der Waals surface area contributed by atoms with Crippen LogP contribution in [0.5, 0.6) is 0 Å². The molecule has 1 aliphatic heterocycles. The summed E-state index contributed by atoms with van der Waals surface area (Å²) in [4.78, 5) is 21.6. The van der Waals surface area contributed by atoms with Gasteiger partial charge in [-0.25, -0.2) is 4.98 Å². The molecule has 3 aromatic rings. The Bertz CT molecular complexity index is 951. The number of hydrogen-bond acceptors (Lipinski definition) is 6. The maximum Gasteiger partial charge on any atom is 0.234 e. The normalized spacial score (nSPS) is 15.0. The van der Waals surface area contributed by atoms with Crippen LogP contribution in [0, 0.1) is 0 Å². The Kier molecular flexibility index (Phi) is 7.07. The minimum atomic E-state index is 0.0276. The van der Waals surface area contributed by atoms with Gasteiger partial charge in [-0.3, -0.25) is 14.6 Å². The third kappa shape index (κ3) is 5.64. The van der Waals surface area contributed by atoms with Gasteiger partial charge < -0.3 is 10.1 Å². The molecule has 1 aliphatic rings. The lowest BCUT2D eigenvalue weighted by Crippen LogP contribution is -2.36.